The summed E-state index contributed by atoms with van der Waals surface area (Å²) in [5, 5.41) is 15.8. The maximum Gasteiger partial charge on any atom is 0.412 e. The molecule has 1 atom stereocenters. The highest BCUT2D eigenvalue weighted by molar-refractivity contribution is 5.85. The van der Waals surface area contributed by atoms with E-state index in [1.54, 1.807) is 32.9 Å². The summed E-state index contributed by atoms with van der Waals surface area (Å²) in [6.45, 7) is 7.14. The monoisotopic (exact) mass is 308 g/mol. The predicted molar refractivity (Wildman–Crippen MR) is 84.5 cm³/mol. The van der Waals surface area contributed by atoms with Crippen molar-refractivity contribution in [1.29, 1.82) is 0 Å². The van der Waals surface area contributed by atoms with Gasteiger partial charge in [-0.3, -0.25) is 5.32 Å². The molecular formula is C16H24N2O4. The highest BCUT2D eigenvalue weighted by Gasteiger charge is 2.18. The van der Waals surface area contributed by atoms with Crippen molar-refractivity contribution >= 4 is 11.8 Å². The standard InChI is InChI=1S/C16H24N2O4/c1-16(2,3)22-15(20)18-11-6-7-13(19)14(9-11)21-12-5-4-8-17-10-12/h6-7,9,12,17,19H,4-5,8,10H2,1-3H3,(H,18,20). The second-order valence-electron chi connectivity index (χ2n) is 6.40. The number of benzene rings is 1. The Balaban J connectivity index is 2.01. The summed E-state index contributed by atoms with van der Waals surface area (Å²) in [6, 6.07) is 4.71. The topological polar surface area (TPSA) is 79.8 Å². The first-order chi connectivity index (χ1) is 10.3. The van der Waals surface area contributed by atoms with Gasteiger partial charge in [0.05, 0.1) is 0 Å². The molecule has 0 saturated carbocycles. The van der Waals surface area contributed by atoms with E-state index in [4.69, 9.17) is 9.47 Å². The second-order valence-corrected chi connectivity index (χ2v) is 6.40. The van der Waals surface area contributed by atoms with Gasteiger partial charge in [0.2, 0.25) is 0 Å². The molecule has 0 aliphatic carbocycles. The Labute approximate surface area is 130 Å². The average Bonchev–Trinajstić information content (AvgIpc) is 2.41. The molecule has 0 radical (unpaired) electrons. The number of carbonyl (C=O) groups is 1. The van der Waals surface area contributed by atoms with Gasteiger partial charge in [0.1, 0.15) is 11.7 Å². The number of rotatable bonds is 3. The number of nitrogens with one attached hydrogen (secondary N) is 2. The molecule has 6 nitrogen and oxygen atoms in total. The first kappa shape index (κ1) is 16.4. The van der Waals surface area contributed by atoms with E-state index in [1.807, 2.05) is 0 Å². The lowest BCUT2D eigenvalue weighted by atomic mass is 10.1. The SMILES string of the molecule is CC(C)(C)OC(=O)Nc1ccc(O)c(OC2CCCNC2)c1. The second kappa shape index (κ2) is 6.87. The third kappa shape index (κ3) is 5.11. The number of aromatic hydroxyl groups is 1. The summed E-state index contributed by atoms with van der Waals surface area (Å²) in [7, 11) is 0. The summed E-state index contributed by atoms with van der Waals surface area (Å²) < 4.78 is 11.0. The lowest BCUT2D eigenvalue weighted by Crippen LogP contribution is -2.37. The summed E-state index contributed by atoms with van der Waals surface area (Å²) in [5.74, 6) is 0.419. The van der Waals surface area contributed by atoms with Crippen LogP contribution in [-0.4, -0.2) is 36.0 Å². The number of hydrogen-bond acceptors (Lipinski definition) is 5. The molecule has 6 heteroatoms. The van der Waals surface area contributed by atoms with E-state index in [1.165, 1.54) is 6.07 Å². The minimum atomic E-state index is -0.561. The zero-order valence-corrected chi connectivity index (χ0v) is 13.3. The molecule has 1 aromatic carbocycles. The minimum Gasteiger partial charge on any atom is -0.504 e. The van der Waals surface area contributed by atoms with Gasteiger partial charge in [0.25, 0.3) is 0 Å². The molecule has 0 bridgehead atoms. The van der Waals surface area contributed by atoms with Gasteiger partial charge in [0.15, 0.2) is 11.5 Å². The van der Waals surface area contributed by atoms with Gasteiger partial charge in [-0.1, -0.05) is 0 Å². The molecule has 1 aromatic rings. The maximum atomic E-state index is 11.8. The Morgan fingerprint density at radius 3 is 2.82 bits per heavy atom. The number of carbonyl (C=O) groups excluding carboxylic acids is 1. The molecule has 0 spiro atoms. The molecule has 2 rings (SSSR count). The Morgan fingerprint density at radius 1 is 1.41 bits per heavy atom. The number of phenols is 1. The smallest absolute Gasteiger partial charge is 0.412 e. The number of ether oxygens (including phenoxy) is 2. The van der Waals surface area contributed by atoms with Gasteiger partial charge in [-0.15, -0.1) is 0 Å². The minimum absolute atomic E-state index is 0.0245. The fourth-order valence-electron chi connectivity index (χ4n) is 2.21. The zero-order chi connectivity index (χ0) is 16.2. The van der Waals surface area contributed by atoms with Gasteiger partial charge in [0, 0.05) is 18.3 Å². The third-order valence-corrected chi connectivity index (χ3v) is 3.15. The van der Waals surface area contributed by atoms with E-state index in [-0.39, 0.29) is 11.9 Å². The van der Waals surface area contributed by atoms with Crippen LogP contribution in [0.5, 0.6) is 11.5 Å². The van der Waals surface area contributed by atoms with Crippen molar-refractivity contribution in [2.75, 3.05) is 18.4 Å². The Hall–Kier alpha value is -1.95. The van der Waals surface area contributed by atoms with Crippen molar-refractivity contribution in [3.8, 4) is 11.5 Å². The normalized spacial score (nSPS) is 18.6. The summed E-state index contributed by atoms with van der Waals surface area (Å²) in [5.41, 5.74) is -0.0421. The first-order valence-electron chi connectivity index (χ1n) is 7.54. The lowest BCUT2D eigenvalue weighted by molar-refractivity contribution is 0.0636. The van der Waals surface area contributed by atoms with E-state index in [2.05, 4.69) is 10.6 Å². The highest BCUT2D eigenvalue weighted by Crippen LogP contribution is 2.31. The quantitative estimate of drug-likeness (QED) is 0.748. The number of hydrogen-bond donors (Lipinski definition) is 3. The lowest BCUT2D eigenvalue weighted by Gasteiger charge is -2.24. The molecule has 22 heavy (non-hydrogen) atoms. The van der Waals surface area contributed by atoms with Crippen LogP contribution < -0.4 is 15.4 Å². The molecular weight excluding hydrogens is 284 g/mol. The Kier molecular flexibility index (Phi) is 5.13. The molecule has 0 aromatic heterocycles. The molecule has 1 aliphatic heterocycles. The van der Waals surface area contributed by atoms with Crippen LogP contribution in [0, 0.1) is 0 Å². The van der Waals surface area contributed by atoms with Crippen LogP contribution in [0.25, 0.3) is 0 Å². The Morgan fingerprint density at radius 2 is 2.18 bits per heavy atom. The zero-order valence-electron chi connectivity index (χ0n) is 13.3. The van der Waals surface area contributed by atoms with Crippen molar-refractivity contribution in [2.24, 2.45) is 0 Å². The summed E-state index contributed by atoms with van der Waals surface area (Å²) in [4.78, 5) is 11.8. The largest absolute Gasteiger partial charge is 0.504 e. The number of piperidine rings is 1. The van der Waals surface area contributed by atoms with Crippen LogP contribution in [0.1, 0.15) is 33.6 Å². The van der Waals surface area contributed by atoms with Crippen molar-refractivity contribution in [3.05, 3.63) is 18.2 Å². The fourth-order valence-corrected chi connectivity index (χ4v) is 2.21. The van der Waals surface area contributed by atoms with Crippen molar-refractivity contribution < 1.29 is 19.4 Å². The fraction of sp³-hybridized carbons (Fsp3) is 0.562. The van der Waals surface area contributed by atoms with Gasteiger partial charge in [-0.05, 0) is 52.3 Å². The van der Waals surface area contributed by atoms with Crippen LogP contribution in [0.15, 0.2) is 18.2 Å². The molecule has 1 unspecified atom stereocenters. The maximum absolute atomic E-state index is 11.8. The van der Waals surface area contributed by atoms with Gasteiger partial charge in [-0.25, -0.2) is 4.79 Å². The van der Waals surface area contributed by atoms with Crippen LogP contribution in [-0.2, 0) is 4.74 Å². The van der Waals surface area contributed by atoms with Crippen LogP contribution in [0.2, 0.25) is 0 Å². The van der Waals surface area contributed by atoms with Gasteiger partial charge >= 0.3 is 6.09 Å². The number of amides is 1. The summed E-state index contributed by atoms with van der Waals surface area (Å²) >= 11 is 0. The molecule has 1 heterocycles. The van der Waals surface area contributed by atoms with Crippen LogP contribution >= 0.6 is 0 Å². The van der Waals surface area contributed by atoms with Crippen molar-refractivity contribution in [1.82, 2.24) is 5.32 Å². The van der Waals surface area contributed by atoms with Crippen molar-refractivity contribution in [3.63, 3.8) is 0 Å². The van der Waals surface area contributed by atoms with Gasteiger partial charge in [-0.2, -0.15) is 0 Å². The van der Waals surface area contributed by atoms with Crippen LogP contribution in [0.3, 0.4) is 0 Å². The highest BCUT2D eigenvalue weighted by atomic mass is 16.6. The Bertz CT molecular complexity index is 519. The molecule has 122 valence electrons. The first-order valence-corrected chi connectivity index (χ1v) is 7.54. The van der Waals surface area contributed by atoms with Crippen molar-refractivity contribution in [2.45, 2.75) is 45.3 Å². The van der Waals surface area contributed by atoms with E-state index < -0.39 is 11.7 Å². The third-order valence-electron chi connectivity index (χ3n) is 3.15. The van der Waals surface area contributed by atoms with E-state index in [9.17, 15) is 9.90 Å². The van der Waals surface area contributed by atoms with E-state index in [0.717, 1.165) is 25.9 Å². The van der Waals surface area contributed by atoms with E-state index in [0.29, 0.717) is 11.4 Å². The molecule has 1 aliphatic rings. The number of anilines is 1. The predicted octanol–water partition coefficient (Wildman–Crippen LogP) is 2.87. The summed E-state index contributed by atoms with van der Waals surface area (Å²) in [6.07, 6.45) is 1.47. The van der Waals surface area contributed by atoms with Crippen LogP contribution in [0.4, 0.5) is 10.5 Å². The number of phenolic OH excluding ortho intramolecular Hbond substituents is 1. The van der Waals surface area contributed by atoms with E-state index >= 15 is 0 Å². The molecule has 3 N–H and O–H groups in total. The van der Waals surface area contributed by atoms with Gasteiger partial charge < -0.3 is 19.9 Å². The molecule has 1 amide bonds. The molecule has 1 saturated heterocycles. The average molecular weight is 308 g/mol. The molecule has 1 fully saturated rings.